The number of sulfonamides is 1. The van der Waals surface area contributed by atoms with Crippen molar-refractivity contribution in [2.45, 2.75) is 54.7 Å². The number of hydrogen-bond donors (Lipinski definition) is 9. The molecule has 2 aliphatic rings. The van der Waals surface area contributed by atoms with Gasteiger partial charge in [-0.3, -0.25) is 31.1 Å². The van der Waals surface area contributed by atoms with Crippen LogP contribution in [0.1, 0.15) is 19.3 Å². The summed E-state index contributed by atoms with van der Waals surface area (Å²) in [6.07, 6.45) is 0.173. The molecule has 0 radical (unpaired) electrons. The second kappa shape index (κ2) is 11.6. The molecule has 1 saturated heterocycles. The van der Waals surface area contributed by atoms with Gasteiger partial charge in [0.25, 0.3) is 10.1 Å². The standard InChI is InChI=1S/C12H29N7O8S3/c1-29(21,22)15-5-4-14-11-17-10(13)18-12(19-11)16-8-6-7(28-27-26-20)2-3-9(8)30(23,24)25/h7-12,14-20H,2-6,13H2,1H3,(H,23,24,25). The number of nitrogens with two attached hydrogens (primary N) is 1. The first kappa shape index (κ1) is 26.1. The molecule has 6 unspecified atom stereocenters. The zero-order valence-corrected chi connectivity index (χ0v) is 18.6. The van der Waals surface area contributed by atoms with Crippen molar-refractivity contribution in [3.8, 4) is 0 Å². The lowest BCUT2D eigenvalue weighted by atomic mass is 9.94. The van der Waals surface area contributed by atoms with E-state index in [1.807, 2.05) is 0 Å². The van der Waals surface area contributed by atoms with E-state index in [1.54, 1.807) is 0 Å². The first-order valence-corrected chi connectivity index (χ1v) is 13.3. The van der Waals surface area contributed by atoms with Gasteiger partial charge in [0.15, 0.2) is 0 Å². The molecule has 1 aliphatic heterocycles. The molecule has 10 N–H and O–H groups in total. The van der Waals surface area contributed by atoms with Crippen LogP contribution < -0.4 is 37.0 Å². The maximum atomic E-state index is 11.8. The van der Waals surface area contributed by atoms with E-state index in [9.17, 15) is 21.4 Å². The first-order valence-electron chi connectivity index (χ1n) is 9.05. The third-order valence-electron chi connectivity index (χ3n) is 4.57. The van der Waals surface area contributed by atoms with Crippen LogP contribution in [0.15, 0.2) is 0 Å². The Kier molecular flexibility index (Phi) is 10.1. The van der Waals surface area contributed by atoms with Gasteiger partial charge in [-0.05, 0) is 19.3 Å². The van der Waals surface area contributed by atoms with Crippen LogP contribution in [-0.2, 0) is 29.5 Å². The molecule has 30 heavy (non-hydrogen) atoms. The van der Waals surface area contributed by atoms with Crippen LogP contribution in [0, 0.1) is 0 Å². The minimum atomic E-state index is -4.30. The molecular formula is C12H29N7O8S3. The van der Waals surface area contributed by atoms with Crippen molar-refractivity contribution < 1.29 is 36.0 Å². The monoisotopic (exact) mass is 495 g/mol. The third kappa shape index (κ3) is 9.12. The van der Waals surface area contributed by atoms with Gasteiger partial charge in [0.05, 0.1) is 6.26 Å². The molecule has 0 aromatic carbocycles. The van der Waals surface area contributed by atoms with Gasteiger partial charge in [0.1, 0.15) is 24.1 Å². The molecule has 0 spiro atoms. The zero-order valence-electron chi connectivity index (χ0n) is 16.1. The molecule has 0 aromatic rings. The lowest BCUT2D eigenvalue weighted by Crippen LogP contribution is -2.78. The van der Waals surface area contributed by atoms with E-state index in [0.717, 1.165) is 18.3 Å². The molecule has 0 amide bonds. The Hall–Kier alpha value is -0.190. The van der Waals surface area contributed by atoms with Crippen LogP contribution in [0.25, 0.3) is 0 Å². The lowest BCUT2D eigenvalue weighted by molar-refractivity contribution is -0.432. The molecule has 178 valence electrons. The minimum absolute atomic E-state index is 0.165. The summed E-state index contributed by atoms with van der Waals surface area (Å²) in [6, 6.07) is -0.656. The third-order valence-corrected chi connectivity index (χ3v) is 7.47. The van der Waals surface area contributed by atoms with E-state index in [0.29, 0.717) is 19.4 Å². The van der Waals surface area contributed by atoms with Crippen LogP contribution in [0.4, 0.5) is 0 Å². The Morgan fingerprint density at radius 1 is 1.13 bits per heavy atom. The molecule has 0 bridgehead atoms. The summed E-state index contributed by atoms with van der Waals surface area (Å²) in [6.45, 7) is 0.463. The second-order valence-corrected chi connectivity index (χ2v) is 11.4. The summed E-state index contributed by atoms with van der Waals surface area (Å²) >= 11 is 0.858. The minimum Gasteiger partial charge on any atom is -0.303 e. The van der Waals surface area contributed by atoms with Crippen molar-refractivity contribution in [2.24, 2.45) is 5.73 Å². The summed E-state index contributed by atoms with van der Waals surface area (Å²) in [5, 5.41) is 25.8. The number of hydrogen-bond acceptors (Lipinski definition) is 14. The average Bonchev–Trinajstić information content (AvgIpc) is 2.61. The Balaban J connectivity index is 1.94. The van der Waals surface area contributed by atoms with Crippen LogP contribution in [0.5, 0.6) is 0 Å². The second-order valence-electron chi connectivity index (χ2n) is 6.96. The number of rotatable bonds is 11. The molecule has 2 rings (SSSR count). The zero-order chi connectivity index (χ0) is 22.4. The van der Waals surface area contributed by atoms with Crippen molar-refractivity contribution in [1.82, 2.24) is 31.3 Å². The fourth-order valence-electron chi connectivity index (χ4n) is 3.35. The van der Waals surface area contributed by atoms with Crippen LogP contribution >= 0.6 is 12.0 Å². The highest BCUT2D eigenvalue weighted by atomic mass is 32.2. The van der Waals surface area contributed by atoms with Gasteiger partial charge in [0.2, 0.25) is 10.0 Å². The normalized spacial score (nSPS) is 33.5. The van der Waals surface area contributed by atoms with Crippen LogP contribution in [-0.4, -0.2) is 81.4 Å². The van der Waals surface area contributed by atoms with Crippen molar-refractivity contribution in [3.63, 3.8) is 0 Å². The van der Waals surface area contributed by atoms with Gasteiger partial charge < -0.3 is 5.73 Å². The Morgan fingerprint density at radius 2 is 1.83 bits per heavy atom. The summed E-state index contributed by atoms with van der Waals surface area (Å²) in [7, 11) is -7.60. The molecule has 1 heterocycles. The highest BCUT2D eigenvalue weighted by Crippen LogP contribution is 2.32. The summed E-state index contributed by atoms with van der Waals surface area (Å²) in [5.41, 5.74) is 5.92. The highest BCUT2D eigenvalue weighted by molar-refractivity contribution is 7.95. The van der Waals surface area contributed by atoms with Crippen molar-refractivity contribution >= 4 is 32.2 Å². The highest BCUT2D eigenvalue weighted by Gasteiger charge is 2.40. The van der Waals surface area contributed by atoms with E-state index in [4.69, 9.17) is 11.0 Å². The predicted octanol–water partition coefficient (Wildman–Crippen LogP) is -3.45. The van der Waals surface area contributed by atoms with Crippen LogP contribution in [0.3, 0.4) is 0 Å². The molecule has 0 aromatic heterocycles. The van der Waals surface area contributed by atoms with Crippen molar-refractivity contribution in [3.05, 3.63) is 0 Å². The SMILES string of the molecule is CS(=O)(=O)NCCNC1NC(N)NC(NC2CC(SOOO)CCC2S(=O)(=O)O)N1. The van der Waals surface area contributed by atoms with Gasteiger partial charge in [0, 0.05) is 36.4 Å². The fraction of sp³-hybridized carbons (Fsp3) is 1.00. The van der Waals surface area contributed by atoms with Gasteiger partial charge in [-0.1, -0.05) is 5.04 Å². The van der Waals surface area contributed by atoms with Crippen LogP contribution in [0.2, 0.25) is 0 Å². The Morgan fingerprint density at radius 3 is 2.47 bits per heavy atom. The topological polar surface area (TPSA) is 225 Å². The molecule has 1 saturated carbocycles. The average molecular weight is 496 g/mol. The summed E-state index contributed by atoms with van der Waals surface area (Å²) in [5.74, 6) is 0. The van der Waals surface area contributed by atoms with E-state index in [2.05, 4.69) is 40.7 Å². The molecule has 15 nitrogen and oxygen atoms in total. The molecule has 2 fully saturated rings. The molecule has 6 atom stereocenters. The first-order chi connectivity index (χ1) is 14.0. The van der Waals surface area contributed by atoms with Gasteiger partial charge in [-0.2, -0.15) is 8.42 Å². The van der Waals surface area contributed by atoms with Gasteiger partial charge >= 0.3 is 0 Å². The largest absolute Gasteiger partial charge is 0.303 e. The Bertz CT molecular complexity index is 742. The maximum Gasteiger partial charge on any atom is 0.269 e. The lowest BCUT2D eigenvalue weighted by Gasteiger charge is -2.42. The quantitative estimate of drug-likeness (QED) is 0.0446. The molecule has 1 aliphatic carbocycles. The summed E-state index contributed by atoms with van der Waals surface area (Å²) in [4.78, 5) is 0. The van der Waals surface area contributed by atoms with E-state index in [1.165, 1.54) is 0 Å². The molecule has 18 heteroatoms. The van der Waals surface area contributed by atoms with Gasteiger partial charge in [-0.15, -0.1) is 4.33 Å². The van der Waals surface area contributed by atoms with Gasteiger partial charge in [-0.25, -0.2) is 18.4 Å². The smallest absolute Gasteiger partial charge is 0.269 e. The van der Waals surface area contributed by atoms with E-state index >= 15 is 0 Å². The number of nitrogens with one attached hydrogen (secondary N) is 6. The molecular weight excluding hydrogens is 466 g/mol. The van der Waals surface area contributed by atoms with Crippen molar-refractivity contribution in [1.29, 1.82) is 0 Å². The van der Waals surface area contributed by atoms with Crippen molar-refractivity contribution in [2.75, 3.05) is 19.3 Å². The fourth-order valence-corrected chi connectivity index (χ4v) is 5.52. The Labute approximate surface area is 179 Å². The summed E-state index contributed by atoms with van der Waals surface area (Å²) < 4.78 is 62.2. The van der Waals surface area contributed by atoms with E-state index in [-0.39, 0.29) is 18.2 Å². The maximum absolute atomic E-state index is 11.8. The predicted molar refractivity (Wildman–Crippen MR) is 108 cm³/mol. The van der Waals surface area contributed by atoms with E-state index < -0.39 is 50.3 Å².